The molecule has 1 aromatic carbocycles. The molecule has 0 saturated carbocycles. The number of aromatic hydroxyl groups is 1. The van der Waals surface area contributed by atoms with Crippen molar-refractivity contribution < 1.29 is 14.6 Å². The average molecular weight is 262 g/mol. The zero-order chi connectivity index (χ0) is 13.7. The average Bonchev–Trinajstić information content (AvgIpc) is 2.91. The van der Waals surface area contributed by atoms with E-state index in [-0.39, 0.29) is 30.1 Å². The van der Waals surface area contributed by atoms with Crippen LogP contribution in [0.3, 0.4) is 0 Å². The molecule has 2 aromatic rings. The van der Waals surface area contributed by atoms with Gasteiger partial charge in [0.15, 0.2) is 18.1 Å². The predicted octanol–water partition coefficient (Wildman–Crippen LogP) is 0.766. The molecule has 1 unspecified atom stereocenters. The van der Waals surface area contributed by atoms with Crippen molar-refractivity contribution in [3.05, 3.63) is 36.4 Å². The Kier molecular flexibility index (Phi) is 3.97. The van der Waals surface area contributed by atoms with E-state index < -0.39 is 0 Å². The Hall–Kier alpha value is -2.57. The number of aromatic nitrogens is 3. The van der Waals surface area contributed by atoms with Crippen molar-refractivity contribution in [1.82, 2.24) is 20.5 Å². The van der Waals surface area contributed by atoms with E-state index in [1.54, 1.807) is 25.1 Å². The number of hydrogen-bond acceptors (Lipinski definition) is 5. The van der Waals surface area contributed by atoms with E-state index >= 15 is 0 Å². The molecule has 0 aliphatic rings. The van der Waals surface area contributed by atoms with Crippen LogP contribution in [0.25, 0.3) is 0 Å². The smallest absolute Gasteiger partial charge is 0.258 e. The molecule has 19 heavy (non-hydrogen) atoms. The molecule has 7 nitrogen and oxygen atoms in total. The normalized spacial score (nSPS) is 11.8. The zero-order valence-corrected chi connectivity index (χ0v) is 10.3. The quantitative estimate of drug-likeness (QED) is 0.738. The van der Waals surface area contributed by atoms with Crippen molar-refractivity contribution in [2.45, 2.75) is 13.0 Å². The number of carbonyl (C=O) groups excluding carboxylic acids is 1. The number of carbonyl (C=O) groups is 1. The van der Waals surface area contributed by atoms with E-state index in [0.29, 0.717) is 5.82 Å². The minimum atomic E-state index is -0.313. The Morgan fingerprint density at radius 1 is 1.53 bits per heavy atom. The second kappa shape index (κ2) is 5.85. The number of ether oxygens (including phenoxy) is 1. The highest BCUT2D eigenvalue weighted by atomic mass is 16.5. The Bertz CT molecular complexity index is 542. The Labute approximate surface area is 109 Å². The van der Waals surface area contributed by atoms with E-state index in [2.05, 4.69) is 20.5 Å². The molecule has 0 aliphatic heterocycles. The highest BCUT2D eigenvalue weighted by molar-refractivity contribution is 5.77. The first kappa shape index (κ1) is 12.9. The summed E-state index contributed by atoms with van der Waals surface area (Å²) in [7, 11) is 0. The topological polar surface area (TPSA) is 100 Å². The third-order valence-corrected chi connectivity index (χ3v) is 2.45. The molecule has 0 aliphatic carbocycles. The van der Waals surface area contributed by atoms with Gasteiger partial charge in [-0.3, -0.25) is 9.89 Å². The molecule has 0 saturated heterocycles. The van der Waals surface area contributed by atoms with Gasteiger partial charge in [0.1, 0.15) is 12.2 Å². The number of benzene rings is 1. The maximum absolute atomic E-state index is 11.7. The van der Waals surface area contributed by atoms with E-state index in [0.717, 1.165) is 0 Å². The van der Waals surface area contributed by atoms with Crippen LogP contribution in [0.2, 0.25) is 0 Å². The lowest BCUT2D eigenvalue weighted by molar-refractivity contribution is -0.123. The van der Waals surface area contributed by atoms with Gasteiger partial charge in [-0.2, -0.15) is 5.10 Å². The summed E-state index contributed by atoms with van der Waals surface area (Å²) in [5.74, 6) is 0.520. The zero-order valence-electron chi connectivity index (χ0n) is 10.3. The summed E-state index contributed by atoms with van der Waals surface area (Å²) in [6.45, 7) is 1.59. The first-order chi connectivity index (χ1) is 9.16. The van der Waals surface area contributed by atoms with Gasteiger partial charge in [0.25, 0.3) is 5.91 Å². The van der Waals surface area contributed by atoms with Gasteiger partial charge in [0.2, 0.25) is 0 Å². The molecular weight excluding hydrogens is 248 g/mol. The molecule has 1 atom stereocenters. The number of aromatic amines is 1. The lowest BCUT2D eigenvalue weighted by atomic mass is 10.3. The van der Waals surface area contributed by atoms with Crippen LogP contribution in [0, 0.1) is 0 Å². The molecule has 100 valence electrons. The van der Waals surface area contributed by atoms with E-state index in [9.17, 15) is 9.90 Å². The second-order valence-corrected chi connectivity index (χ2v) is 3.92. The highest BCUT2D eigenvalue weighted by Gasteiger charge is 2.12. The van der Waals surface area contributed by atoms with Crippen LogP contribution in [-0.2, 0) is 4.79 Å². The predicted molar refractivity (Wildman–Crippen MR) is 66.5 cm³/mol. The van der Waals surface area contributed by atoms with Crippen LogP contribution in [0.15, 0.2) is 30.6 Å². The van der Waals surface area contributed by atoms with Crippen molar-refractivity contribution in [1.29, 1.82) is 0 Å². The number of nitrogens with one attached hydrogen (secondary N) is 2. The molecule has 0 bridgehead atoms. The van der Waals surface area contributed by atoms with Crippen molar-refractivity contribution in [3.63, 3.8) is 0 Å². The molecule has 0 radical (unpaired) electrons. The number of rotatable bonds is 5. The largest absolute Gasteiger partial charge is 0.504 e. The molecule has 3 N–H and O–H groups in total. The van der Waals surface area contributed by atoms with E-state index in [1.165, 1.54) is 12.4 Å². The van der Waals surface area contributed by atoms with Crippen molar-refractivity contribution >= 4 is 5.91 Å². The summed E-state index contributed by atoms with van der Waals surface area (Å²) in [4.78, 5) is 15.6. The van der Waals surface area contributed by atoms with Gasteiger partial charge in [-0.05, 0) is 19.1 Å². The summed E-state index contributed by atoms with van der Waals surface area (Å²) < 4.78 is 5.21. The molecule has 7 heteroatoms. The molecule has 1 aromatic heterocycles. The lowest BCUT2D eigenvalue weighted by Gasteiger charge is -2.12. The summed E-state index contributed by atoms with van der Waals surface area (Å²) >= 11 is 0. The number of para-hydroxylation sites is 2. The molecule has 1 amide bonds. The minimum absolute atomic E-state index is 0.00131. The third kappa shape index (κ3) is 3.44. The van der Waals surface area contributed by atoms with Crippen LogP contribution in [0.5, 0.6) is 11.5 Å². The monoisotopic (exact) mass is 262 g/mol. The maximum Gasteiger partial charge on any atom is 0.258 e. The third-order valence-electron chi connectivity index (χ3n) is 2.45. The van der Waals surface area contributed by atoms with Crippen LogP contribution < -0.4 is 10.1 Å². The minimum Gasteiger partial charge on any atom is -0.504 e. The Balaban J connectivity index is 1.84. The van der Waals surface area contributed by atoms with Crippen molar-refractivity contribution in [3.8, 4) is 11.5 Å². The highest BCUT2D eigenvalue weighted by Crippen LogP contribution is 2.24. The van der Waals surface area contributed by atoms with Gasteiger partial charge >= 0.3 is 0 Å². The fraction of sp³-hybridized carbons (Fsp3) is 0.250. The number of H-pyrrole nitrogens is 1. The number of phenolic OH excluding ortho intramolecular Hbond substituents is 1. The van der Waals surface area contributed by atoms with Crippen LogP contribution in [0.1, 0.15) is 18.8 Å². The van der Waals surface area contributed by atoms with Crippen molar-refractivity contribution in [2.24, 2.45) is 0 Å². The fourth-order valence-electron chi connectivity index (χ4n) is 1.50. The summed E-state index contributed by atoms with van der Waals surface area (Å²) in [5.41, 5.74) is 0. The maximum atomic E-state index is 11.7. The molecule has 0 fully saturated rings. The Morgan fingerprint density at radius 3 is 3.00 bits per heavy atom. The van der Waals surface area contributed by atoms with Gasteiger partial charge in [-0.25, -0.2) is 4.98 Å². The van der Waals surface area contributed by atoms with Gasteiger partial charge in [0, 0.05) is 0 Å². The molecular formula is C12H14N4O3. The summed E-state index contributed by atoms with van der Waals surface area (Å²) in [6.07, 6.45) is 1.37. The van der Waals surface area contributed by atoms with Crippen LogP contribution >= 0.6 is 0 Å². The Morgan fingerprint density at radius 2 is 2.32 bits per heavy atom. The first-order valence-electron chi connectivity index (χ1n) is 5.72. The first-order valence-corrected chi connectivity index (χ1v) is 5.72. The number of nitrogens with zero attached hydrogens (tertiary/aromatic N) is 2. The standard InChI is InChI=1S/C12H14N4O3/c1-8(12-13-7-14-16-12)15-11(18)6-19-10-5-3-2-4-9(10)17/h2-5,7-8,17H,6H2,1H3,(H,15,18)(H,13,14,16). The SMILES string of the molecule is CC(NC(=O)COc1ccccc1O)c1ncn[nH]1. The van der Waals surface area contributed by atoms with Crippen LogP contribution in [0.4, 0.5) is 0 Å². The molecule has 2 rings (SSSR count). The van der Waals surface area contributed by atoms with E-state index in [4.69, 9.17) is 4.74 Å². The molecule has 0 spiro atoms. The number of amides is 1. The van der Waals surface area contributed by atoms with E-state index in [1.807, 2.05) is 0 Å². The van der Waals surface area contributed by atoms with Gasteiger partial charge in [0.05, 0.1) is 6.04 Å². The van der Waals surface area contributed by atoms with Gasteiger partial charge < -0.3 is 15.2 Å². The number of hydrogen-bond donors (Lipinski definition) is 3. The molecule has 1 heterocycles. The lowest BCUT2D eigenvalue weighted by Crippen LogP contribution is -2.31. The summed E-state index contributed by atoms with van der Waals surface area (Å²) in [6, 6.07) is 6.17. The fourth-order valence-corrected chi connectivity index (χ4v) is 1.50. The van der Waals surface area contributed by atoms with Gasteiger partial charge in [-0.1, -0.05) is 12.1 Å². The van der Waals surface area contributed by atoms with Crippen molar-refractivity contribution in [2.75, 3.05) is 6.61 Å². The summed E-state index contributed by atoms with van der Waals surface area (Å²) in [5, 5.41) is 18.5. The number of phenols is 1. The second-order valence-electron chi connectivity index (χ2n) is 3.92. The van der Waals surface area contributed by atoms with Crippen LogP contribution in [-0.4, -0.2) is 32.8 Å². The van der Waals surface area contributed by atoms with Gasteiger partial charge in [-0.15, -0.1) is 0 Å².